The Kier molecular flexibility index (Phi) is 6.78. The van der Waals surface area contributed by atoms with E-state index in [4.69, 9.17) is 0 Å². The van der Waals surface area contributed by atoms with E-state index in [1.807, 2.05) is 12.1 Å². The van der Waals surface area contributed by atoms with E-state index in [2.05, 4.69) is 22.5 Å². The van der Waals surface area contributed by atoms with Crippen LogP contribution < -0.4 is 10.6 Å². The molecule has 23 heavy (non-hydrogen) atoms. The molecule has 0 radical (unpaired) electrons. The topological polar surface area (TPSA) is 71.1 Å². The van der Waals surface area contributed by atoms with Crippen molar-refractivity contribution in [1.29, 1.82) is 0 Å². The van der Waals surface area contributed by atoms with Crippen LogP contribution in [-0.4, -0.2) is 23.3 Å². The first kappa shape index (κ1) is 17.2. The van der Waals surface area contributed by atoms with Gasteiger partial charge in [-0.25, -0.2) is 0 Å². The van der Waals surface area contributed by atoms with E-state index in [9.17, 15) is 9.59 Å². The van der Waals surface area contributed by atoms with Crippen LogP contribution in [0.4, 0.5) is 0 Å². The lowest BCUT2D eigenvalue weighted by Crippen LogP contribution is -2.29. The van der Waals surface area contributed by atoms with Gasteiger partial charge in [0.05, 0.1) is 0 Å². The zero-order chi connectivity index (χ0) is 16.5. The fraction of sp³-hybridized carbons (Fsp3) is 0.500. The van der Waals surface area contributed by atoms with Gasteiger partial charge in [0.1, 0.15) is 0 Å². The summed E-state index contributed by atoms with van der Waals surface area (Å²) in [7, 11) is 0. The number of allylic oxidation sites excluding steroid dienone is 1. The summed E-state index contributed by atoms with van der Waals surface area (Å²) in [4.78, 5) is 27.5. The van der Waals surface area contributed by atoms with Crippen molar-refractivity contribution >= 4 is 11.8 Å². The molecule has 2 N–H and O–H groups in total. The number of aromatic nitrogens is 1. The number of carbonyl (C=O) groups excluding carboxylic acids is 2. The number of hydrogen-bond acceptors (Lipinski definition) is 3. The van der Waals surface area contributed by atoms with Gasteiger partial charge < -0.3 is 10.6 Å². The first-order valence-corrected chi connectivity index (χ1v) is 8.26. The lowest BCUT2D eigenvalue weighted by atomic mass is 9.87. The maximum Gasteiger partial charge on any atom is 0.243 e. The van der Waals surface area contributed by atoms with Crippen LogP contribution in [0.25, 0.3) is 0 Å². The second-order valence-corrected chi connectivity index (χ2v) is 6.16. The second-order valence-electron chi connectivity index (χ2n) is 6.16. The Balaban J connectivity index is 1.61. The number of amides is 2. The van der Waals surface area contributed by atoms with Crippen LogP contribution in [0.3, 0.4) is 0 Å². The molecule has 0 saturated heterocycles. The van der Waals surface area contributed by atoms with Crippen LogP contribution in [0.15, 0.2) is 36.2 Å². The molecule has 1 saturated carbocycles. The van der Waals surface area contributed by atoms with Crippen molar-refractivity contribution in [2.24, 2.45) is 5.92 Å². The summed E-state index contributed by atoms with van der Waals surface area (Å²) in [5.74, 6) is 0.608. The molecule has 1 heterocycles. The molecule has 124 valence electrons. The molecule has 0 aromatic carbocycles. The highest BCUT2D eigenvalue weighted by Gasteiger charge is 2.13. The highest BCUT2D eigenvalue weighted by Crippen LogP contribution is 2.27. The first-order valence-electron chi connectivity index (χ1n) is 8.26. The Morgan fingerprint density at radius 2 is 1.91 bits per heavy atom. The van der Waals surface area contributed by atoms with Crippen LogP contribution in [0, 0.1) is 5.92 Å². The van der Waals surface area contributed by atoms with Gasteiger partial charge in [-0.1, -0.05) is 12.5 Å². The van der Waals surface area contributed by atoms with Crippen molar-refractivity contribution in [1.82, 2.24) is 15.6 Å². The van der Waals surface area contributed by atoms with E-state index in [0.717, 1.165) is 37.2 Å². The lowest BCUT2D eigenvalue weighted by Gasteiger charge is -2.19. The standard InChI is InChI=1S/C18H25N3O2/c1-14-2-4-15(5-3-14)12-18(23)20-11-8-17(22)21-13-16-6-9-19-10-7-16/h6-7,9-10,12,14H,2-5,8,11,13H2,1H3,(H,20,23)(H,21,22). The molecule has 5 heteroatoms. The van der Waals surface area contributed by atoms with E-state index in [1.165, 1.54) is 5.57 Å². The van der Waals surface area contributed by atoms with Gasteiger partial charge in [0.15, 0.2) is 0 Å². The van der Waals surface area contributed by atoms with Crippen LogP contribution in [0.5, 0.6) is 0 Å². The summed E-state index contributed by atoms with van der Waals surface area (Å²) in [5, 5.41) is 5.61. The highest BCUT2D eigenvalue weighted by molar-refractivity contribution is 5.88. The monoisotopic (exact) mass is 315 g/mol. The van der Waals surface area contributed by atoms with Gasteiger partial charge in [0.2, 0.25) is 11.8 Å². The Morgan fingerprint density at radius 3 is 2.61 bits per heavy atom. The third kappa shape index (κ3) is 6.63. The van der Waals surface area contributed by atoms with E-state index in [-0.39, 0.29) is 18.2 Å². The van der Waals surface area contributed by atoms with Crippen molar-refractivity contribution in [2.45, 2.75) is 45.6 Å². The minimum Gasteiger partial charge on any atom is -0.352 e. The summed E-state index contributed by atoms with van der Waals surface area (Å²) in [6.07, 6.45) is 9.75. The van der Waals surface area contributed by atoms with Crippen molar-refractivity contribution in [3.8, 4) is 0 Å². The SMILES string of the molecule is CC1CCC(=CC(=O)NCCC(=O)NCc2ccncc2)CC1. The number of rotatable bonds is 6. The largest absolute Gasteiger partial charge is 0.352 e. The van der Waals surface area contributed by atoms with Gasteiger partial charge in [-0.05, 0) is 49.3 Å². The summed E-state index contributed by atoms with van der Waals surface area (Å²) in [6.45, 7) is 3.10. The molecule has 0 aliphatic heterocycles. The molecule has 1 aromatic heterocycles. The fourth-order valence-corrected chi connectivity index (χ4v) is 2.60. The van der Waals surface area contributed by atoms with Crippen LogP contribution in [-0.2, 0) is 16.1 Å². The number of carbonyl (C=O) groups is 2. The quantitative estimate of drug-likeness (QED) is 0.792. The highest BCUT2D eigenvalue weighted by atomic mass is 16.2. The Labute approximate surface area is 137 Å². The van der Waals surface area contributed by atoms with Gasteiger partial charge >= 0.3 is 0 Å². The van der Waals surface area contributed by atoms with Crippen LogP contribution >= 0.6 is 0 Å². The van der Waals surface area contributed by atoms with E-state index < -0.39 is 0 Å². The molecule has 1 aromatic rings. The number of nitrogens with zero attached hydrogens (tertiary/aromatic N) is 1. The third-order valence-corrected chi connectivity index (χ3v) is 4.14. The van der Waals surface area contributed by atoms with Gasteiger partial charge in [0.25, 0.3) is 0 Å². The van der Waals surface area contributed by atoms with E-state index in [1.54, 1.807) is 18.5 Å². The summed E-state index contributed by atoms with van der Waals surface area (Å²) in [6, 6.07) is 3.72. The van der Waals surface area contributed by atoms with Gasteiger partial charge in [-0.3, -0.25) is 14.6 Å². The first-order chi connectivity index (χ1) is 11.1. The Hall–Kier alpha value is -2.17. The molecule has 0 atom stereocenters. The number of hydrogen-bond donors (Lipinski definition) is 2. The second kappa shape index (κ2) is 9.08. The van der Waals surface area contributed by atoms with Gasteiger partial charge in [0, 0.05) is 38.0 Å². The predicted molar refractivity (Wildman–Crippen MR) is 89.4 cm³/mol. The molecule has 0 spiro atoms. The Bertz CT molecular complexity index is 545. The molecular formula is C18H25N3O2. The van der Waals surface area contributed by atoms with Crippen LogP contribution in [0.2, 0.25) is 0 Å². The van der Waals surface area contributed by atoms with Gasteiger partial charge in [-0.2, -0.15) is 0 Å². The van der Waals surface area contributed by atoms with E-state index in [0.29, 0.717) is 13.1 Å². The van der Waals surface area contributed by atoms with Crippen molar-refractivity contribution in [2.75, 3.05) is 6.54 Å². The van der Waals surface area contributed by atoms with Crippen molar-refractivity contribution in [3.63, 3.8) is 0 Å². The third-order valence-electron chi connectivity index (χ3n) is 4.14. The smallest absolute Gasteiger partial charge is 0.243 e. The molecule has 5 nitrogen and oxygen atoms in total. The minimum atomic E-state index is -0.0866. The average Bonchev–Trinajstić information content (AvgIpc) is 2.56. The fourth-order valence-electron chi connectivity index (χ4n) is 2.60. The molecule has 1 aliphatic carbocycles. The van der Waals surface area contributed by atoms with Gasteiger partial charge in [-0.15, -0.1) is 0 Å². The van der Waals surface area contributed by atoms with E-state index >= 15 is 0 Å². The molecule has 0 unspecified atom stereocenters. The summed E-state index contributed by atoms with van der Waals surface area (Å²) < 4.78 is 0. The molecule has 0 bridgehead atoms. The van der Waals surface area contributed by atoms with Crippen molar-refractivity contribution in [3.05, 3.63) is 41.7 Å². The predicted octanol–water partition coefficient (Wildman–Crippen LogP) is 2.34. The maximum absolute atomic E-state index is 11.8. The minimum absolute atomic E-state index is 0.0683. The normalized spacial score (nSPS) is 17.4. The summed E-state index contributed by atoms with van der Waals surface area (Å²) >= 11 is 0. The molecule has 2 rings (SSSR count). The molecule has 2 amide bonds. The summed E-state index contributed by atoms with van der Waals surface area (Å²) in [5.41, 5.74) is 2.23. The Morgan fingerprint density at radius 1 is 1.22 bits per heavy atom. The lowest BCUT2D eigenvalue weighted by molar-refractivity contribution is -0.121. The average molecular weight is 315 g/mol. The van der Waals surface area contributed by atoms with Crippen molar-refractivity contribution < 1.29 is 9.59 Å². The molecule has 1 fully saturated rings. The zero-order valence-corrected chi connectivity index (χ0v) is 13.7. The maximum atomic E-state index is 11.8. The van der Waals surface area contributed by atoms with Crippen LogP contribution in [0.1, 0.15) is 44.6 Å². The number of nitrogens with one attached hydrogen (secondary N) is 2. The zero-order valence-electron chi connectivity index (χ0n) is 13.7. The molecular weight excluding hydrogens is 290 g/mol. The number of pyridine rings is 1. The molecule has 1 aliphatic rings.